The highest BCUT2D eigenvalue weighted by molar-refractivity contribution is 5.86. The first-order chi connectivity index (χ1) is 5.11. The van der Waals surface area contributed by atoms with E-state index < -0.39 is 11.9 Å². The molecule has 0 aliphatic rings. The number of halogens is 1. The van der Waals surface area contributed by atoms with Gasteiger partial charge < -0.3 is 9.90 Å². The molecule has 0 saturated carbocycles. The number of carboxylic acid groups (broad SMARTS) is 1. The van der Waals surface area contributed by atoms with Gasteiger partial charge in [0.2, 0.25) is 5.95 Å². The maximum Gasteiger partial charge on any atom is 0.213 e. The molecule has 0 amide bonds. The SMILES string of the molecule is Cc1nc(F)ccc1C(=O)[O-]. The van der Waals surface area contributed by atoms with E-state index in [1.165, 1.54) is 6.92 Å². The average molecular weight is 154 g/mol. The van der Waals surface area contributed by atoms with Gasteiger partial charge in [-0.1, -0.05) is 0 Å². The summed E-state index contributed by atoms with van der Waals surface area (Å²) < 4.78 is 12.3. The fourth-order valence-electron chi connectivity index (χ4n) is 0.746. The van der Waals surface area contributed by atoms with Crippen LogP contribution in [0.25, 0.3) is 0 Å². The number of pyridine rings is 1. The van der Waals surface area contributed by atoms with Crippen molar-refractivity contribution in [3.63, 3.8) is 0 Å². The van der Waals surface area contributed by atoms with Crippen LogP contribution < -0.4 is 5.11 Å². The van der Waals surface area contributed by atoms with Gasteiger partial charge in [0, 0.05) is 11.3 Å². The summed E-state index contributed by atoms with van der Waals surface area (Å²) in [6, 6.07) is 2.12. The van der Waals surface area contributed by atoms with E-state index in [0.717, 1.165) is 12.1 Å². The third kappa shape index (κ3) is 1.52. The summed E-state index contributed by atoms with van der Waals surface area (Å²) >= 11 is 0. The Bertz CT molecular complexity index is 298. The molecule has 3 nitrogen and oxygen atoms in total. The van der Waals surface area contributed by atoms with Gasteiger partial charge in [0.15, 0.2) is 0 Å². The number of aromatic carboxylic acids is 1. The molecule has 1 rings (SSSR count). The molecule has 58 valence electrons. The minimum atomic E-state index is -1.34. The second-order valence-corrected chi connectivity index (χ2v) is 2.05. The van der Waals surface area contributed by atoms with Crippen molar-refractivity contribution in [1.29, 1.82) is 0 Å². The van der Waals surface area contributed by atoms with Crippen LogP contribution in [0.3, 0.4) is 0 Å². The number of rotatable bonds is 1. The normalized spacial score (nSPS) is 9.64. The summed E-state index contributed by atoms with van der Waals surface area (Å²) in [6.45, 7) is 1.41. The zero-order valence-electron chi connectivity index (χ0n) is 5.80. The number of carbonyl (C=O) groups excluding carboxylic acids is 1. The number of aromatic nitrogens is 1. The first-order valence-electron chi connectivity index (χ1n) is 2.96. The van der Waals surface area contributed by atoms with Gasteiger partial charge >= 0.3 is 0 Å². The van der Waals surface area contributed by atoms with Crippen molar-refractivity contribution in [2.75, 3.05) is 0 Å². The molecule has 0 spiro atoms. The smallest absolute Gasteiger partial charge is 0.213 e. The third-order valence-electron chi connectivity index (χ3n) is 1.27. The van der Waals surface area contributed by atoms with Gasteiger partial charge in [-0.05, 0) is 19.1 Å². The van der Waals surface area contributed by atoms with Crippen LogP contribution in [0.4, 0.5) is 4.39 Å². The molecule has 1 aromatic heterocycles. The highest BCUT2D eigenvalue weighted by atomic mass is 19.1. The lowest BCUT2D eigenvalue weighted by Crippen LogP contribution is -2.23. The molecule has 1 aromatic rings. The number of carboxylic acids is 1. The van der Waals surface area contributed by atoms with Gasteiger partial charge in [-0.25, -0.2) is 4.98 Å². The first kappa shape index (κ1) is 7.65. The van der Waals surface area contributed by atoms with E-state index in [0.29, 0.717) is 0 Å². The largest absolute Gasteiger partial charge is 0.545 e. The van der Waals surface area contributed by atoms with Crippen molar-refractivity contribution in [3.05, 3.63) is 29.3 Å². The molecule has 4 heteroatoms. The Balaban J connectivity index is 3.20. The van der Waals surface area contributed by atoms with E-state index in [4.69, 9.17) is 0 Å². The monoisotopic (exact) mass is 154 g/mol. The van der Waals surface area contributed by atoms with Crippen LogP contribution in [0.1, 0.15) is 16.1 Å². The molecule has 0 aliphatic carbocycles. The van der Waals surface area contributed by atoms with Crippen LogP contribution in [0.15, 0.2) is 12.1 Å². The van der Waals surface area contributed by atoms with Crippen molar-refractivity contribution in [2.24, 2.45) is 0 Å². The molecule has 0 unspecified atom stereocenters. The molecular weight excluding hydrogens is 149 g/mol. The number of carbonyl (C=O) groups is 1. The zero-order valence-corrected chi connectivity index (χ0v) is 5.80. The van der Waals surface area contributed by atoms with Crippen LogP contribution in [-0.2, 0) is 0 Å². The molecule has 0 aliphatic heterocycles. The molecule has 0 atom stereocenters. The Morgan fingerprint density at radius 1 is 1.64 bits per heavy atom. The topological polar surface area (TPSA) is 53.0 Å². The molecule has 0 radical (unpaired) electrons. The molecule has 1 heterocycles. The molecule has 0 bridgehead atoms. The standard InChI is InChI=1S/C7H6FNO2/c1-4-5(7(10)11)2-3-6(8)9-4/h2-3H,1H3,(H,10,11)/p-1. The lowest BCUT2D eigenvalue weighted by molar-refractivity contribution is -0.255. The molecule has 0 fully saturated rings. The fourth-order valence-corrected chi connectivity index (χ4v) is 0.746. The predicted molar refractivity (Wildman–Crippen MR) is 33.3 cm³/mol. The first-order valence-corrected chi connectivity index (χ1v) is 2.96. The van der Waals surface area contributed by atoms with E-state index in [2.05, 4.69) is 4.98 Å². The fraction of sp³-hybridized carbons (Fsp3) is 0.143. The summed E-state index contributed by atoms with van der Waals surface area (Å²) in [5.41, 5.74) is 0.0522. The number of hydrogen-bond donors (Lipinski definition) is 0. The number of nitrogens with zero attached hydrogens (tertiary/aromatic N) is 1. The third-order valence-corrected chi connectivity index (χ3v) is 1.27. The maximum absolute atomic E-state index is 12.3. The zero-order chi connectivity index (χ0) is 8.43. The van der Waals surface area contributed by atoms with E-state index in [1.54, 1.807) is 0 Å². The van der Waals surface area contributed by atoms with Crippen molar-refractivity contribution in [1.82, 2.24) is 4.98 Å². The summed E-state index contributed by atoms with van der Waals surface area (Å²) in [7, 11) is 0. The lowest BCUT2D eigenvalue weighted by Gasteiger charge is -2.03. The van der Waals surface area contributed by atoms with Gasteiger partial charge in [0.1, 0.15) is 0 Å². The number of aryl methyl sites for hydroxylation is 1. The molecule has 0 aromatic carbocycles. The predicted octanol–water partition coefficient (Wildman–Crippen LogP) is -0.107. The lowest BCUT2D eigenvalue weighted by atomic mass is 10.2. The van der Waals surface area contributed by atoms with Gasteiger partial charge in [0.25, 0.3) is 0 Å². The van der Waals surface area contributed by atoms with E-state index in [9.17, 15) is 14.3 Å². The summed E-state index contributed by atoms with van der Waals surface area (Å²) in [4.78, 5) is 13.6. The second-order valence-electron chi connectivity index (χ2n) is 2.05. The van der Waals surface area contributed by atoms with Crippen LogP contribution in [-0.4, -0.2) is 11.0 Å². The summed E-state index contributed by atoms with van der Waals surface area (Å²) in [5, 5.41) is 10.3. The Labute approximate surface area is 62.5 Å². The second kappa shape index (κ2) is 2.65. The Hall–Kier alpha value is -1.45. The maximum atomic E-state index is 12.3. The van der Waals surface area contributed by atoms with Crippen molar-refractivity contribution < 1.29 is 14.3 Å². The van der Waals surface area contributed by atoms with E-state index in [1.807, 2.05) is 0 Å². The van der Waals surface area contributed by atoms with Gasteiger partial charge in [-0.3, -0.25) is 0 Å². The minimum Gasteiger partial charge on any atom is -0.545 e. The molecule has 0 N–H and O–H groups in total. The van der Waals surface area contributed by atoms with Crippen LogP contribution in [0, 0.1) is 12.9 Å². The van der Waals surface area contributed by atoms with Gasteiger partial charge in [0.05, 0.1) is 5.97 Å². The molecule has 0 saturated heterocycles. The molecule has 11 heavy (non-hydrogen) atoms. The van der Waals surface area contributed by atoms with Gasteiger partial charge in [-0.2, -0.15) is 4.39 Å². The summed E-state index contributed by atoms with van der Waals surface area (Å²) in [6.07, 6.45) is 0. The minimum absolute atomic E-state index is 0.0774. The number of hydrogen-bond acceptors (Lipinski definition) is 3. The van der Waals surface area contributed by atoms with E-state index in [-0.39, 0.29) is 11.3 Å². The quantitative estimate of drug-likeness (QED) is 0.530. The highest BCUT2D eigenvalue weighted by Crippen LogP contribution is 2.03. The Morgan fingerprint density at radius 2 is 2.27 bits per heavy atom. The Morgan fingerprint density at radius 3 is 2.73 bits per heavy atom. The average Bonchev–Trinajstić information content (AvgIpc) is 1.85. The highest BCUT2D eigenvalue weighted by Gasteiger charge is 2.00. The van der Waals surface area contributed by atoms with Crippen molar-refractivity contribution >= 4 is 5.97 Å². The summed E-state index contributed by atoms with van der Waals surface area (Å²) in [5.74, 6) is -2.03. The molecular formula is C7H5FNO2-. The van der Waals surface area contributed by atoms with Crippen LogP contribution >= 0.6 is 0 Å². The van der Waals surface area contributed by atoms with Crippen molar-refractivity contribution in [3.8, 4) is 0 Å². The Kier molecular flexibility index (Phi) is 1.85. The van der Waals surface area contributed by atoms with Crippen molar-refractivity contribution in [2.45, 2.75) is 6.92 Å². The van der Waals surface area contributed by atoms with Crippen LogP contribution in [0.5, 0.6) is 0 Å². The van der Waals surface area contributed by atoms with Gasteiger partial charge in [-0.15, -0.1) is 0 Å². The van der Waals surface area contributed by atoms with Crippen LogP contribution in [0.2, 0.25) is 0 Å². The van der Waals surface area contributed by atoms with E-state index >= 15 is 0 Å².